The SMILES string of the molecule is COc1ccc(OC)c(C=C2CCc3cccc(CCc4ccc(C(=O)O)cc4)c32)c1.COc1ccc(OC)c(CC2=CCc3cccc(CCc4ccc(C(=O)O)cc4)c32)c1. The summed E-state index contributed by atoms with van der Waals surface area (Å²) in [5, 5.41) is 18.2. The molecule has 0 radical (unpaired) electrons. The van der Waals surface area contributed by atoms with E-state index >= 15 is 0 Å². The molecule has 0 unspecified atom stereocenters. The Hall–Kier alpha value is -7.06. The number of hydrogen-bond donors (Lipinski definition) is 2. The van der Waals surface area contributed by atoms with E-state index in [0.717, 1.165) is 96.6 Å². The van der Waals surface area contributed by atoms with Crippen molar-refractivity contribution in [2.75, 3.05) is 28.4 Å². The fourth-order valence-electron chi connectivity index (χ4n) is 8.51. The molecule has 0 aliphatic heterocycles. The van der Waals surface area contributed by atoms with E-state index in [9.17, 15) is 9.59 Å². The molecule has 8 nitrogen and oxygen atoms in total. The topological polar surface area (TPSA) is 112 Å². The highest BCUT2D eigenvalue weighted by molar-refractivity contribution is 5.89. The number of methoxy groups -OCH3 is 4. The maximum atomic E-state index is 11.1. The number of aromatic carboxylic acids is 2. The minimum absolute atomic E-state index is 0.321. The molecular formula is C54H52O8. The van der Waals surface area contributed by atoms with Crippen molar-refractivity contribution >= 4 is 29.2 Å². The highest BCUT2D eigenvalue weighted by Crippen LogP contribution is 2.39. The van der Waals surface area contributed by atoms with Gasteiger partial charge in [0.1, 0.15) is 23.0 Å². The van der Waals surface area contributed by atoms with Crippen LogP contribution in [0.2, 0.25) is 0 Å². The highest BCUT2D eigenvalue weighted by atomic mass is 16.5. The number of carboxylic acid groups (broad SMARTS) is 2. The maximum absolute atomic E-state index is 11.1. The number of rotatable bonds is 15. The molecule has 8 heteroatoms. The first-order chi connectivity index (χ1) is 30.2. The van der Waals surface area contributed by atoms with Gasteiger partial charge < -0.3 is 29.2 Å². The fraction of sp³-hybridized carbons (Fsp3) is 0.222. The lowest BCUT2D eigenvalue weighted by Gasteiger charge is -2.15. The van der Waals surface area contributed by atoms with Crippen molar-refractivity contribution in [2.24, 2.45) is 0 Å². The molecule has 0 saturated heterocycles. The van der Waals surface area contributed by atoms with Crippen LogP contribution in [-0.4, -0.2) is 50.6 Å². The number of benzene rings is 6. The lowest BCUT2D eigenvalue weighted by atomic mass is 9.91. The van der Waals surface area contributed by atoms with Gasteiger partial charge in [0.15, 0.2) is 0 Å². The molecule has 0 heterocycles. The Kier molecular flexibility index (Phi) is 13.9. The van der Waals surface area contributed by atoms with E-state index in [1.165, 1.54) is 44.5 Å². The Morgan fingerprint density at radius 2 is 1.10 bits per heavy atom. The van der Waals surface area contributed by atoms with Crippen LogP contribution in [-0.2, 0) is 44.9 Å². The van der Waals surface area contributed by atoms with Crippen molar-refractivity contribution in [3.05, 3.63) is 194 Å². The molecular weight excluding hydrogens is 777 g/mol. The summed E-state index contributed by atoms with van der Waals surface area (Å²) in [6, 6.07) is 39.2. The molecule has 2 N–H and O–H groups in total. The zero-order chi connectivity index (χ0) is 43.6. The number of ether oxygens (including phenoxy) is 4. The van der Waals surface area contributed by atoms with Gasteiger partial charge in [-0.25, -0.2) is 9.59 Å². The average Bonchev–Trinajstić information content (AvgIpc) is 3.92. The zero-order valence-corrected chi connectivity index (χ0v) is 35.7. The van der Waals surface area contributed by atoms with Crippen LogP contribution in [0.15, 0.2) is 127 Å². The minimum atomic E-state index is -0.893. The number of carbonyl (C=O) groups is 2. The second-order valence-corrected chi connectivity index (χ2v) is 15.5. The first-order valence-corrected chi connectivity index (χ1v) is 20.9. The van der Waals surface area contributed by atoms with E-state index in [1.54, 1.807) is 52.7 Å². The molecule has 62 heavy (non-hydrogen) atoms. The summed E-state index contributed by atoms with van der Waals surface area (Å²) < 4.78 is 22.0. The van der Waals surface area contributed by atoms with E-state index in [1.807, 2.05) is 60.7 Å². The lowest BCUT2D eigenvalue weighted by molar-refractivity contribution is 0.0686. The molecule has 0 fully saturated rings. The van der Waals surface area contributed by atoms with Gasteiger partial charge in [0.05, 0.1) is 39.6 Å². The van der Waals surface area contributed by atoms with Gasteiger partial charge in [-0.3, -0.25) is 0 Å². The molecule has 0 bridgehead atoms. The van der Waals surface area contributed by atoms with Gasteiger partial charge in [-0.05, 0) is 167 Å². The Bertz CT molecular complexity index is 2620. The van der Waals surface area contributed by atoms with Crippen LogP contribution < -0.4 is 18.9 Å². The van der Waals surface area contributed by atoms with Gasteiger partial charge in [-0.1, -0.05) is 66.7 Å². The summed E-state index contributed by atoms with van der Waals surface area (Å²) in [4.78, 5) is 22.1. The first kappa shape index (κ1) is 43.0. The number of carboxylic acids is 2. The van der Waals surface area contributed by atoms with E-state index in [2.05, 4.69) is 48.6 Å². The second-order valence-electron chi connectivity index (χ2n) is 15.5. The Morgan fingerprint density at radius 3 is 1.66 bits per heavy atom. The molecule has 316 valence electrons. The molecule has 8 rings (SSSR count). The van der Waals surface area contributed by atoms with Crippen molar-refractivity contribution in [1.29, 1.82) is 0 Å². The quantitative estimate of drug-likeness (QED) is 0.105. The van der Waals surface area contributed by atoms with E-state index in [-0.39, 0.29) is 0 Å². The van der Waals surface area contributed by atoms with E-state index in [0.29, 0.717) is 11.1 Å². The summed E-state index contributed by atoms with van der Waals surface area (Å²) in [6.45, 7) is 0. The van der Waals surface area contributed by atoms with Gasteiger partial charge in [0.2, 0.25) is 0 Å². The zero-order valence-electron chi connectivity index (χ0n) is 35.7. The van der Waals surface area contributed by atoms with Crippen molar-refractivity contribution in [3.63, 3.8) is 0 Å². The average molecular weight is 829 g/mol. The molecule has 6 aromatic rings. The molecule has 2 aliphatic rings. The van der Waals surface area contributed by atoms with E-state index < -0.39 is 11.9 Å². The van der Waals surface area contributed by atoms with Crippen LogP contribution in [0, 0.1) is 0 Å². The largest absolute Gasteiger partial charge is 0.497 e. The van der Waals surface area contributed by atoms with Crippen molar-refractivity contribution in [2.45, 2.75) is 51.4 Å². The Labute approximate surface area is 363 Å². The van der Waals surface area contributed by atoms with Crippen LogP contribution >= 0.6 is 0 Å². The minimum Gasteiger partial charge on any atom is -0.497 e. The van der Waals surface area contributed by atoms with Gasteiger partial charge in [-0.2, -0.15) is 0 Å². The summed E-state index contributed by atoms with van der Waals surface area (Å²) in [5.41, 5.74) is 15.8. The molecule has 0 amide bonds. The van der Waals surface area contributed by atoms with Crippen LogP contribution in [0.1, 0.15) is 82.8 Å². The second kappa shape index (κ2) is 20.0. The molecule has 0 saturated carbocycles. The van der Waals surface area contributed by atoms with Crippen molar-refractivity contribution < 1.29 is 38.7 Å². The summed E-state index contributed by atoms with van der Waals surface area (Å²) in [5.74, 6) is 1.55. The molecule has 0 atom stereocenters. The van der Waals surface area contributed by atoms with E-state index in [4.69, 9.17) is 29.2 Å². The summed E-state index contributed by atoms with van der Waals surface area (Å²) >= 11 is 0. The standard InChI is InChI=1S/2C27H26O4/c2*1-30-24-14-15-25(31-2)23(17-24)16-22-13-12-20-5-3-4-19(26(20)22)9-6-18-7-10-21(11-8-18)27(28)29/h3-5,7-8,10-11,14-17H,6,9,12-13H2,1-2H3,(H,28,29);3-5,7-8,10-11,13-15,17H,6,9,12,16H2,1-2H3,(H,28,29). The number of fused-ring (bicyclic) bond motifs is 2. The number of aryl methyl sites for hydroxylation is 5. The number of hydrogen-bond acceptors (Lipinski definition) is 6. The third-order valence-electron chi connectivity index (χ3n) is 11.8. The highest BCUT2D eigenvalue weighted by Gasteiger charge is 2.22. The number of allylic oxidation sites excluding steroid dienone is 3. The van der Waals surface area contributed by atoms with Crippen LogP contribution in [0.3, 0.4) is 0 Å². The van der Waals surface area contributed by atoms with Gasteiger partial charge in [0.25, 0.3) is 0 Å². The smallest absolute Gasteiger partial charge is 0.335 e. The third kappa shape index (κ3) is 10.1. The van der Waals surface area contributed by atoms with Crippen molar-refractivity contribution in [3.8, 4) is 23.0 Å². The molecule has 0 aromatic heterocycles. The fourth-order valence-corrected chi connectivity index (χ4v) is 8.51. The summed E-state index contributed by atoms with van der Waals surface area (Å²) in [7, 11) is 6.73. The summed E-state index contributed by atoms with van der Waals surface area (Å²) in [6.07, 6.45) is 11.8. The van der Waals surface area contributed by atoms with Gasteiger partial charge >= 0.3 is 11.9 Å². The molecule has 0 spiro atoms. The Morgan fingerprint density at radius 1 is 0.548 bits per heavy atom. The van der Waals surface area contributed by atoms with Crippen LogP contribution in [0.25, 0.3) is 17.2 Å². The van der Waals surface area contributed by atoms with Gasteiger partial charge in [-0.15, -0.1) is 0 Å². The predicted molar refractivity (Wildman–Crippen MR) is 245 cm³/mol. The predicted octanol–water partition coefficient (Wildman–Crippen LogP) is 11.0. The van der Waals surface area contributed by atoms with Gasteiger partial charge in [0, 0.05) is 17.5 Å². The normalized spacial score (nSPS) is 13.0. The Balaban J connectivity index is 0.000000186. The first-order valence-electron chi connectivity index (χ1n) is 20.9. The maximum Gasteiger partial charge on any atom is 0.335 e. The van der Waals surface area contributed by atoms with Crippen LogP contribution in [0.5, 0.6) is 23.0 Å². The lowest BCUT2D eigenvalue weighted by Crippen LogP contribution is -2.01. The molecule has 6 aromatic carbocycles. The van der Waals surface area contributed by atoms with Crippen molar-refractivity contribution in [1.82, 2.24) is 0 Å². The molecule has 2 aliphatic carbocycles. The van der Waals surface area contributed by atoms with Crippen LogP contribution in [0.4, 0.5) is 0 Å². The third-order valence-corrected chi connectivity index (χ3v) is 11.8. The monoisotopic (exact) mass is 828 g/mol.